The first-order valence-electron chi connectivity index (χ1n) is 8.42. The summed E-state index contributed by atoms with van der Waals surface area (Å²) in [5.74, 6) is 1.40. The molecule has 0 radical (unpaired) electrons. The van der Waals surface area contributed by atoms with Crippen LogP contribution in [0, 0.1) is 13.8 Å². The van der Waals surface area contributed by atoms with E-state index in [0.717, 1.165) is 38.3 Å². The molecule has 2 rings (SSSR count). The average Bonchev–Trinajstić information content (AvgIpc) is 2.59. The van der Waals surface area contributed by atoms with Crippen LogP contribution in [0.2, 0.25) is 0 Å². The number of hydrogen-bond acceptors (Lipinski definition) is 3. The van der Waals surface area contributed by atoms with Gasteiger partial charge in [-0.05, 0) is 49.2 Å². The van der Waals surface area contributed by atoms with Crippen LogP contribution in [0.1, 0.15) is 16.7 Å². The van der Waals surface area contributed by atoms with Gasteiger partial charge in [-0.1, -0.05) is 22.0 Å². The maximum atomic E-state index is 12.3. The topological polar surface area (TPSA) is 52.0 Å². The molecule has 0 aliphatic rings. The predicted molar refractivity (Wildman–Crippen MR) is 107 cm³/mol. The van der Waals surface area contributed by atoms with Crippen molar-refractivity contribution in [2.24, 2.45) is 0 Å². The number of halogens is 1. The Hall–Kier alpha value is -2.05. The van der Waals surface area contributed by atoms with E-state index in [-0.39, 0.29) is 5.91 Å². The van der Waals surface area contributed by atoms with Crippen LogP contribution in [0.5, 0.6) is 11.5 Å². The molecule has 0 spiro atoms. The maximum Gasteiger partial charge on any atom is 0.279 e. The van der Waals surface area contributed by atoms with Crippen LogP contribution >= 0.6 is 15.9 Å². The van der Waals surface area contributed by atoms with E-state index in [1.165, 1.54) is 0 Å². The maximum absolute atomic E-state index is 12.3. The Labute approximate surface area is 163 Å². The normalized spacial score (nSPS) is 11.8. The number of ether oxygens (including phenoxy) is 2. The third-order valence-corrected chi connectivity index (χ3v) is 5.11. The van der Waals surface area contributed by atoms with Crippen molar-refractivity contribution < 1.29 is 19.2 Å². The Bertz CT molecular complexity index is 793. The molecular weight excluding hydrogens is 396 g/mol. The van der Waals surface area contributed by atoms with E-state index in [4.69, 9.17) is 9.47 Å². The Morgan fingerprint density at radius 3 is 2.35 bits per heavy atom. The Morgan fingerprint density at radius 1 is 1.08 bits per heavy atom. The fourth-order valence-electron chi connectivity index (χ4n) is 2.75. The largest absolute Gasteiger partial charge is 0.493 e. The van der Waals surface area contributed by atoms with E-state index in [1.807, 2.05) is 51.2 Å². The van der Waals surface area contributed by atoms with Crippen LogP contribution in [-0.2, 0) is 11.3 Å². The highest BCUT2D eigenvalue weighted by Gasteiger charge is 2.15. The number of amides is 1. The lowest BCUT2D eigenvalue weighted by atomic mass is 10.1. The predicted octanol–water partition coefficient (Wildman–Crippen LogP) is 2.74. The zero-order valence-electron chi connectivity index (χ0n) is 15.9. The minimum absolute atomic E-state index is 0.0172. The smallest absolute Gasteiger partial charge is 0.279 e. The van der Waals surface area contributed by atoms with Crippen molar-refractivity contribution in [1.82, 2.24) is 0 Å². The van der Waals surface area contributed by atoms with Crippen molar-refractivity contribution in [3.63, 3.8) is 0 Å². The number of benzene rings is 2. The Kier molecular flexibility index (Phi) is 7.06. The molecule has 26 heavy (non-hydrogen) atoms. The molecule has 0 aromatic heterocycles. The molecule has 1 atom stereocenters. The van der Waals surface area contributed by atoms with Gasteiger partial charge in [0.1, 0.15) is 6.54 Å². The average molecular weight is 422 g/mol. The van der Waals surface area contributed by atoms with Gasteiger partial charge < -0.3 is 19.7 Å². The third-order valence-electron chi connectivity index (χ3n) is 4.25. The summed E-state index contributed by atoms with van der Waals surface area (Å²) in [4.78, 5) is 13.4. The SMILES string of the molecule is COc1cc(C)c(C[NH+](C)CC(=O)Nc2ccc(C)c(Br)c2)cc1OC. The lowest BCUT2D eigenvalue weighted by Crippen LogP contribution is -3.08. The van der Waals surface area contributed by atoms with Crippen molar-refractivity contribution in [2.75, 3.05) is 33.1 Å². The first kappa shape index (κ1) is 20.3. The van der Waals surface area contributed by atoms with Crippen LogP contribution in [0.3, 0.4) is 0 Å². The molecule has 0 aliphatic carbocycles. The number of carbonyl (C=O) groups is 1. The standard InChI is InChI=1S/C20H25BrN2O3/c1-13-6-7-16(10-17(13)21)22-20(24)12-23(3)11-15-9-19(26-5)18(25-4)8-14(15)2/h6-10H,11-12H2,1-5H3,(H,22,24)/p+1. The van der Waals surface area contributed by atoms with Crippen molar-refractivity contribution in [3.8, 4) is 11.5 Å². The van der Waals surface area contributed by atoms with Crippen LogP contribution in [-0.4, -0.2) is 33.7 Å². The van der Waals surface area contributed by atoms with Gasteiger partial charge in [0.05, 0.1) is 21.3 Å². The molecule has 1 amide bonds. The van der Waals surface area contributed by atoms with Gasteiger partial charge in [-0.25, -0.2) is 0 Å². The fourth-order valence-corrected chi connectivity index (χ4v) is 3.13. The van der Waals surface area contributed by atoms with Crippen LogP contribution < -0.4 is 19.7 Å². The first-order valence-corrected chi connectivity index (χ1v) is 9.22. The molecule has 1 unspecified atom stereocenters. The highest BCUT2D eigenvalue weighted by atomic mass is 79.9. The number of carbonyl (C=O) groups excluding carboxylic acids is 1. The second kappa shape index (κ2) is 9.05. The first-order chi connectivity index (χ1) is 12.3. The van der Waals surface area contributed by atoms with Gasteiger partial charge in [0.25, 0.3) is 5.91 Å². The number of anilines is 1. The minimum Gasteiger partial charge on any atom is -0.493 e. The molecule has 0 saturated carbocycles. The van der Waals surface area contributed by atoms with E-state index in [1.54, 1.807) is 14.2 Å². The lowest BCUT2D eigenvalue weighted by Gasteiger charge is -2.17. The Balaban J connectivity index is 2.00. The number of nitrogens with one attached hydrogen (secondary N) is 2. The zero-order valence-corrected chi connectivity index (χ0v) is 17.5. The fraction of sp³-hybridized carbons (Fsp3) is 0.350. The van der Waals surface area contributed by atoms with Gasteiger partial charge >= 0.3 is 0 Å². The second-order valence-electron chi connectivity index (χ2n) is 6.46. The van der Waals surface area contributed by atoms with Gasteiger partial charge in [0, 0.05) is 15.7 Å². The highest BCUT2D eigenvalue weighted by Crippen LogP contribution is 2.29. The van der Waals surface area contributed by atoms with Crippen molar-refractivity contribution in [1.29, 1.82) is 0 Å². The van der Waals surface area contributed by atoms with Crippen molar-refractivity contribution in [2.45, 2.75) is 20.4 Å². The molecule has 0 saturated heterocycles. The van der Waals surface area contributed by atoms with E-state index < -0.39 is 0 Å². The molecule has 140 valence electrons. The molecule has 2 aromatic rings. The monoisotopic (exact) mass is 421 g/mol. The van der Waals surface area contributed by atoms with Crippen LogP contribution in [0.15, 0.2) is 34.8 Å². The van der Waals surface area contributed by atoms with Crippen molar-refractivity contribution >= 4 is 27.5 Å². The van der Waals surface area contributed by atoms with Gasteiger partial charge in [0.15, 0.2) is 18.0 Å². The van der Waals surface area contributed by atoms with E-state index >= 15 is 0 Å². The molecule has 0 fully saturated rings. The summed E-state index contributed by atoms with van der Waals surface area (Å²) in [6, 6.07) is 9.74. The van der Waals surface area contributed by atoms with Crippen LogP contribution in [0.4, 0.5) is 5.69 Å². The number of methoxy groups -OCH3 is 2. The van der Waals surface area contributed by atoms with E-state index in [0.29, 0.717) is 18.0 Å². The van der Waals surface area contributed by atoms with Gasteiger partial charge in [-0.3, -0.25) is 4.79 Å². The number of aryl methyl sites for hydroxylation is 2. The summed E-state index contributed by atoms with van der Waals surface area (Å²) in [5, 5.41) is 2.95. The number of likely N-dealkylation sites (N-methyl/N-ethyl adjacent to an activating group) is 1. The summed E-state index contributed by atoms with van der Waals surface area (Å²) in [7, 11) is 5.25. The zero-order chi connectivity index (χ0) is 19.3. The summed E-state index contributed by atoms with van der Waals surface area (Å²) in [5.41, 5.74) is 4.17. The second-order valence-corrected chi connectivity index (χ2v) is 7.31. The van der Waals surface area contributed by atoms with Crippen LogP contribution in [0.25, 0.3) is 0 Å². The number of quaternary nitrogens is 1. The summed E-state index contributed by atoms with van der Waals surface area (Å²) < 4.78 is 11.7. The quantitative estimate of drug-likeness (QED) is 0.722. The molecule has 6 heteroatoms. The molecule has 0 heterocycles. The minimum atomic E-state index is -0.0172. The molecule has 0 bridgehead atoms. The van der Waals surface area contributed by atoms with E-state index in [2.05, 4.69) is 21.2 Å². The Morgan fingerprint density at radius 2 is 1.73 bits per heavy atom. The number of hydrogen-bond donors (Lipinski definition) is 2. The highest BCUT2D eigenvalue weighted by molar-refractivity contribution is 9.10. The molecule has 2 N–H and O–H groups in total. The summed E-state index contributed by atoms with van der Waals surface area (Å²) in [6.07, 6.45) is 0. The van der Waals surface area contributed by atoms with Gasteiger partial charge in [0.2, 0.25) is 0 Å². The summed E-state index contributed by atoms with van der Waals surface area (Å²) in [6.45, 7) is 5.14. The summed E-state index contributed by atoms with van der Waals surface area (Å²) >= 11 is 3.49. The number of rotatable bonds is 7. The lowest BCUT2D eigenvalue weighted by molar-refractivity contribution is -0.885. The van der Waals surface area contributed by atoms with Gasteiger partial charge in [-0.15, -0.1) is 0 Å². The molecule has 2 aromatic carbocycles. The molecular formula is C20H26BrN2O3+. The third kappa shape index (κ3) is 5.22. The molecule has 5 nitrogen and oxygen atoms in total. The van der Waals surface area contributed by atoms with E-state index in [9.17, 15) is 4.79 Å². The molecule has 0 aliphatic heterocycles. The van der Waals surface area contributed by atoms with Crippen molar-refractivity contribution in [3.05, 3.63) is 51.5 Å². The van der Waals surface area contributed by atoms with Gasteiger partial charge in [-0.2, -0.15) is 0 Å².